The van der Waals surface area contributed by atoms with Crippen LogP contribution in [0.2, 0.25) is 0 Å². The van der Waals surface area contributed by atoms with Gasteiger partial charge in [0.25, 0.3) is 5.56 Å². The molecule has 21 heteroatoms. The van der Waals surface area contributed by atoms with Gasteiger partial charge in [-0.1, -0.05) is 230 Å². The first-order chi connectivity index (χ1) is 39.5. The van der Waals surface area contributed by atoms with Crippen LogP contribution < -0.4 is 20.7 Å². The largest absolute Gasteiger partial charge is 0.490 e. The summed E-state index contributed by atoms with van der Waals surface area (Å²) in [4.78, 5) is 73.0. The normalized spacial score (nSPS) is 15.8. The molecule has 18 nitrogen and oxygen atoms in total. The van der Waals surface area contributed by atoms with E-state index in [4.69, 9.17) is 27.4 Å². The maximum Gasteiger partial charge on any atom is 0.490 e. The number of H-pyrrole nitrogens is 1. The highest BCUT2D eigenvalue weighted by Crippen LogP contribution is 2.70. The predicted molar refractivity (Wildman–Crippen MR) is 321 cm³/mol. The zero-order valence-electron chi connectivity index (χ0n) is 49.4. The third-order valence-corrected chi connectivity index (χ3v) is 19.2. The topological polar surface area (TPSA) is 245 Å². The molecule has 1 aromatic heterocycles. The first-order valence-corrected chi connectivity index (χ1v) is 35.2. The zero-order valence-corrected chi connectivity index (χ0v) is 52.0. The lowest BCUT2D eigenvalue weighted by Crippen LogP contribution is -2.32. The van der Waals surface area contributed by atoms with Gasteiger partial charge in [-0.2, -0.15) is 8.62 Å². The van der Waals surface area contributed by atoms with Gasteiger partial charge in [0, 0.05) is 30.5 Å². The minimum Gasteiger partial charge on any atom is -0.427 e. The molecular formula is C61H97N2O16P3. The number of aryl methyl sites for hydroxylation is 1. The molecule has 2 aromatic carbocycles. The van der Waals surface area contributed by atoms with E-state index >= 15 is 0 Å². The molecule has 0 amide bonds. The van der Waals surface area contributed by atoms with Crippen LogP contribution in [0.25, 0.3) is 0 Å². The second kappa shape index (κ2) is 40.5. The minimum atomic E-state index is -5.78. The Kier molecular flexibility index (Phi) is 34.9. The molecule has 0 fully saturated rings. The Balaban J connectivity index is 1.23. The molecular weight excluding hydrogens is 1110 g/mol. The number of hydrogen-bond acceptors (Lipinski definition) is 14. The van der Waals surface area contributed by atoms with Crippen LogP contribution in [0.3, 0.4) is 0 Å². The molecule has 3 aromatic rings. The first-order valence-electron chi connectivity index (χ1n) is 30.7. The van der Waals surface area contributed by atoms with Gasteiger partial charge in [-0.05, 0) is 61.6 Å². The number of unbranched alkanes of at least 4 members (excludes halogenated alkanes) is 28. The van der Waals surface area contributed by atoms with E-state index < -0.39 is 66.5 Å². The molecule has 0 saturated carbocycles. The van der Waals surface area contributed by atoms with Gasteiger partial charge in [-0.3, -0.25) is 37.5 Å². The molecule has 1 aliphatic rings. The first kappa shape index (κ1) is 70.7. The SMILES string of the molecule is CCCCCCCCCCCCCCCCCC(=O)Oc1ccc(COP(=O)(OCc2ccc(OC(=O)CCCCCCCCCCCCCCCCC)cc2)OP(=O)(O)OP(=O)(O)OC[C@@H]2C=C[C@H](n3cc(C)c(=O)[nH]c3=O)C2)cc1. The molecule has 1 heterocycles. The summed E-state index contributed by atoms with van der Waals surface area (Å²) in [7, 11) is -16.3. The summed E-state index contributed by atoms with van der Waals surface area (Å²) in [5.74, 6) is -0.789. The van der Waals surface area contributed by atoms with Crippen LogP contribution in [0.1, 0.15) is 248 Å². The molecule has 82 heavy (non-hydrogen) atoms. The van der Waals surface area contributed by atoms with Crippen molar-refractivity contribution in [1.29, 1.82) is 0 Å². The smallest absolute Gasteiger partial charge is 0.427 e. The van der Waals surface area contributed by atoms with Gasteiger partial charge in [0.1, 0.15) is 11.5 Å². The van der Waals surface area contributed by atoms with Crippen molar-refractivity contribution in [2.75, 3.05) is 6.61 Å². The third kappa shape index (κ3) is 31.4. The van der Waals surface area contributed by atoms with Crippen molar-refractivity contribution < 1.29 is 64.7 Å². The van der Waals surface area contributed by atoms with Crippen molar-refractivity contribution in [3.8, 4) is 11.5 Å². The summed E-state index contributed by atoms with van der Waals surface area (Å²) in [6.07, 6.45) is 42.0. The average Bonchev–Trinajstić information content (AvgIpc) is 4.14. The van der Waals surface area contributed by atoms with Crippen molar-refractivity contribution >= 4 is 35.4 Å². The maximum atomic E-state index is 14.2. The van der Waals surface area contributed by atoms with Crippen LogP contribution in [0, 0.1) is 12.8 Å². The van der Waals surface area contributed by atoms with Crippen molar-refractivity contribution in [3.63, 3.8) is 0 Å². The lowest BCUT2D eigenvalue weighted by molar-refractivity contribution is -0.135. The highest BCUT2D eigenvalue weighted by Gasteiger charge is 2.44. The molecule has 4 atom stereocenters. The van der Waals surface area contributed by atoms with Crippen molar-refractivity contribution in [2.45, 2.75) is 252 Å². The highest BCUT2D eigenvalue weighted by molar-refractivity contribution is 7.67. The zero-order chi connectivity index (χ0) is 59.3. The number of allylic oxidation sites excluding steroid dienone is 1. The van der Waals surface area contributed by atoms with Crippen molar-refractivity contribution in [2.24, 2.45) is 5.92 Å². The third-order valence-electron chi connectivity index (χ3n) is 14.6. The fourth-order valence-corrected chi connectivity index (χ4v) is 13.8. The molecule has 0 spiro atoms. The molecule has 0 bridgehead atoms. The van der Waals surface area contributed by atoms with Crippen LogP contribution >= 0.6 is 23.5 Å². The number of phosphoric ester groups is 2. The van der Waals surface area contributed by atoms with Gasteiger partial charge in [0.15, 0.2) is 0 Å². The second-order valence-electron chi connectivity index (χ2n) is 22.0. The van der Waals surface area contributed by atoms with E-state index in [0.717, 1.165) is 38.5 Å². The quantitative estimate of drug-likeness (QED) is 0.0156. The van der Waals surface area contributed by atoms with Gasteiger partial charge in [-0.15, -0.1) is 0 Å². The number of aromatic amines is 1. The number of benzene rings is 2. The van der Waals surface area contributed by atoms with Crippen LogP contribution in [0.5, 0.6) is 11.5 Å². The molecule has 462 valence electrons. The number of rotatable bonds is 48. The van der Waals surface area contributed by atoms with E-state index in [1.54, 1.807) is 12.2 Å². The van der Waals surface area contributed by atoms with Gasteiger partial charge in [0.05, 0.1) is 25.9 Å². The van der Waals surface area contributed by atoms with Crippen LogP contribution in [-0.4, -0.2) is 37.9 Å². The molecule has 2 unspecified atom stereocenters. The van der Waals surface area contributed by atoms with Gasteiger partial charge < -0.3 is 19.3 Å². The molecule has 0 saturated heterocycles. The molecule has 4 rings (SSSR count). The number of hydrogen-bond donors (Lipinski definition) is 3. The van der Waals surface area contributed by atoms with Gasteiger partial charge in [0.2, 0.25) is 0 Å². The Hall–Kier alpha value is -3.79. The monoisotopic (exact) mass is 1210 g/mol. The fourth-order valence-electron chi connectivity index (χ4n) is 9.75. The van der Waals surface area contributed by atoms with E-state index in [1.165, 1.54) is 207 Å². The Bertz CT molecular complexity index is 2470. The Morgan fingerprint density at radius 1 is 0.524 bits per heavy atom. The fraction of sp³-hybridized carbons (Fsp3) is 0.672. The Morgan fingerprint density at radius 3 is 1.29 bits per heavy atom. The number of esters is 2. The minimum absolute atomic E-state index is 0.210. The Labute approximate surface area is 488 Å². The highest BCUT2D eigenvalue weighted by atomic mass is 31.3. The van der Waals surface area contributed by atoms with E-state index in [-0.39, 0.29) is 42.7 Å². The summed E-state index contributed by atoms with van der Waals surface area (Å²) in [6.45, 7) is 4.47. The van der Waals surface area contributed by atoms with E-state index in [2.05, 4.69) is 23.1 Å². The van der Waals surface area contributed by atoms with E-state index in [9.17, 15) is 42.7 Å². The molecule has 0 radical (unpaired) electrons. The average molecular weight is 1210 g/mol. The second-order valence-corrected chi connectivity index (χ2v) is 26.8. The Morgan fingerprint density at radius 2 is 0.902 bits per heavy atom. The summed E-state index contributed by atoms with van der Waals surface area (Å²) < 4.78 is 78.4. The predicted octanol–water partition coefficient (Wildman–Crippen LogP) is 17.1. The lowest BCUT2D eigenvalue weighted by Gasteiger charge is -2.22. The van der Waals surface area contributed by atoms with Gasteiger partial charge >= 0.3 is 41.1 Å². The maximum absolute atomic E-state index is 14.2. The summed E-state index contributed by atoms with van der Waals surface area (Å²) in [6, 6.07) is 11.6. The number of phosphoric acid groups is 3. The number of nitrogens with zero attached hydrogens (tertiary/aromatic N) is 1. The number of aromatic nitrogens is 2. The number of carbonyl (C=O) groups excluding carboxylic acids is 2. The van der Waals surface area contributed by atoms with E-state index in [1.807, 2.05) is 0 Å². The molecule has 0 aliphatic heterocycles. The standard InChI is InChI=1S/C61H97N2O16P3/c1-4-6-8-10-12-14-16-18-20-22-24-26-28-30-32-34-58(64)76-56-42-37-52(38-43-56)48-74-82(72,79-81(70,71)78-80(68,69)73-50-54-36-41-55(46-54)63-47-51(3)60(66)62-61(63)67)75-49-53-39-44-57(45-40-53)77-59(65)35-33-31-29-27-25-23-21-19-17-15-13-11-9-7-5-2/h36-45,47,54-55H,4-35,46,48-50H2,1-3H3,(H,68,69)(H,70,71)(H,62,66,67)/t54-,55+/m1/s1. The van der Waals surface area contributed by atoms with Crippen molar-refractivity contribution in [3.05, 3.63) is 104 Å². The molecule has 1 aliphatic carbocycles. The summed E-state index contributed by atoms with van der Waals surface area (Å²) >= 11 is 0. The van der Waals surface area contributed by atoms with Crippen LogP contribution in [0.15, 0.2) is 76.5 Å². The number of carbonyl (C=O) groups is 2. The van der Waals surface area contributed by atoms with Crippen molar-refractivity contribution in [1.82, 2.24) is 9.55 Å². The summed E-state index contributed by atoms with van der Waals surface area (Å²) in [5, 5.41) is 0. The van der Waals surface area contributed by atoms with E-state index in [0.29, 0.717) is 29.5 Å². The number of ether oxygens (including phenoxy) is 2. The lowest BCUT2D eigenvalue weighted by atomic mass is 10.0. The number of nitrogens with one attached hydrogen (secondary N) is 1. The van der Waals surface area contributed by atoms with Gasteiger partial charge in [-0.25, -0.2) is 18.5 Å². The summed E-state index contributed by atoms with van der Waals surface area (Å²) in [5.41, 5.74) is -0.154. The molecule has 3 N–H and O–H groups in total. The van der Waals surface area contributed by atoms with Crippen LogP contribution in [-0.2, 0) is 58.7 Å². The van der Waals surface area contributed by atoms with Crippen LogP contribution in [0.4, 0.5) is 0 Å².